The number of nitrogens with zero attached hydrogens (tertiary/aromatic N) is 1. The van der Waals surface area contributed by atoms with Crippen LogP contribution in [0.5, 0.6) is 5.75 Å². The molecule has 3 aromatic rings. The van der Waals surface area contributed by atoms with Gasteiger partial charge < -0.3 is 9.47 Å². The van der Waals surface area contributed by atoms with Gasteiger partial charge in [0.2, 0.25) is 0 Å². The molecule has 1 heterocycles. The molecule has 0 aliphatic heterocycles. The van der Waals surface area contributed by atoms with Crippen molar-refractivity contribution < 1.29 is 9.47 Å². The van der Waals surface area contributed by atoms with Crippen LogP contribution in [0, 0.1) is 11.8 Å². The first-order chi connectivity index (χ1) is 16.5. The van der Waals surface area contributed by atoms with Crippen LogP contribution in [-0.4, -0.2) is 30.7 Å². The van der Waals surface area contributed by atoms with Gasteiger partial charge in [0.05, 0.1) is 0 Å². The summed E-state index contributed by atoms with van der Waals surface area (Å²) in [5.74, 6) is 7.11. The van der Waals surface area contributed by atoms with Crippen molar-refractivity contribution in [2.24, 2.45) is 0 Å². The van der Waals surface area contributed by atoms with E-state index in [1.54, 1.807) is 18.4 Å². The third-order valence-corrected chi connectivity index (χ3v) is 6.16. The lowest BCUT2D eigenvalue weighted by molar-refractivity contribution is 0.0742. The van der Waals surface area contributed by atoms with Gasteiger partial charge in [-0.05, 0) is 90.2 Å². The molecule has 1 aromatic heterocycles. The van der Waals surface area contributed by atoms with Gasteiger partial charge in [-0.15, -0.1) is 0 Å². The molecule has 0 unspecified atom stereocenters. The van der Waals surface area contributed by atoms with Crippen LogP contribution in [0.25, 0.3) is 11.1 Å². The first kappa shape index (κ1) is 25.8. The highest BCUT2D eigenvalue weighted by Gasteiger charge is 2.10. The molecule has 0 saturated heterocycles. The third kappa shape index (κ3) is 8.50. The summed E-state index contributed by atoms with van der Waals surface area (Å²) in [6.45, 7) is 9.46. The van der Waals surface area contributed by atoms with E-state index in [4.69, 9.17) is 9.47 Å². The molecule has 178 valence electrons. The van der Waals surface area contributed by atoms with Gasteiger partial charge in [-0.25, -0.2) is 0 Å². The fraction of sp³-hybridized carbons (Fsp3) is 0.333. The fourth-order valence-electron chi connectivity index (χ4n) is 3.51. The summed E-state index contributed by atoms with van der Waals surface area (Å²) < 4.78 is 11.5. The molecule has 0 radical (unpaired) electrons. The maximum absolute atomic E-state index is 6.14. The number of benzene rings is 2. The minimum Gasteiger partial charge on any atom is -0.489 e. The molecule has 2 aromatic carbocycles. The van der Waals surface area contributed by atoms with E-state index in [9.17, 15) is 0 Å². The Morgan fingerprint density at radius 3 is 2.62 bits per heavy atom. The van der Waals surface area contributed by atoms with Gasteiger partial charge in [-0.1, -0.05) is 55.2 Å². The van der Waals surface area contributed by atoms with E-state index in [-0.39, 0.29) is 0 Å². The topological polar surface area (TPSA) is 21.7 Å². The van der Waals surface area contributed by atoms with Crippen LogP contribution in [0.4, 0.5) is 0 Å². The third-order valence-electron chi connectivity index (χ3n) is 5.48. The summed E-state index contributed by atoms with van der Waals surface area (Å²) in [4.78, 5) is 2.42. The average molecular weight is 474 g/mol. The lowest BCUT2D eigenvalue weighted by Crippen LogP contribution is -2.24. The molecule has 0 bridgehead atoms. The van der Waals surface area contributed by atoms with E-state index in [1.807, 2.05) is 26.0 Å². The molecule has 0 spiro atoms. The van der Waals surface area contributed by atoms with Crippen molar-refractivity contribution in [1.29, 1.82) is 0 Å². The molecule has 0 aliphatic carbocycles. The average Bonchev–Trinajstić information content (AvgIpc) is 3.38. The molecule has 3 rings (SSSR count). The zero-order valence-electron chi connectivity index (χ0n) is 20.7. The van der Waals surface area contributed by atoms with E-state index in [1.165, 1.54) is 22.3 Å². The smallest absolute Gasteiger partial charge is 0.123 e. The number of rotatable bonds is 11. The Kier molecular flexibility index (Phi) is 9.97. The first-order valence-corrected chi connectivity index (χ1v) is 12.7. The van der Waals surface area contributed by atoms with E-state index in [2.05, 4.69) is 89.0 Å². The number of methoxy groups -OCH3 is 1. The minimum absolute atomic E-state index is 0.418. The molecule has 3 nitrogen and oxygen atoms in total. The molecule has 0 fully saturated rings. The predicted molar refractivity (Wildman–Crippen MR) is 144 cm³/mol. The van der Waals surface area contributed by atoms with Crippen molar-refractivity contribution in [3.63, 3.8) is 0 Å². The van der Waals surface area contributed by atoms with Crippen LogP contribution < -0.4 is 4.74 Å². The van der Waals surface area contributed by atoms with Crippen LogP contribution in [0.15, 0.2) is 77.5 Å². The van der Waals surface area contributed by atoms with Crippen molar-refractivity contribution in [3.8, 4) is 28.7 Å². The normalized spacial score (nSPS) is 11.6. The second-order valence-corrected chi connectivity index (χ2v) is 9.55. The standard InChI is InChI=1S/C30H35NO2S/c1-5-17-31(18-8-6-7-16-30(2,3)32-4)22-25-11-10-14-29(21-25)33-23-26-12-9-13-27(20-26)28-15-19-34-24-28/h6,8-15,19-21,24H,5,17-18,22-23H2,1-4H3/b8-6+. The zero-order chi connectivity index (χ0) is 24.2. The lowest BCUT2D eigenvalue weighted by atomic mass is 10.1. The zero-order valence-corrected chi connectivity index (χ0v) is 21.5. The van der Waals surface area contributed by atoms with Crippen LogP contribution in [-0.2, 0) is 17.9 Å². The second-order valence-electron chi connectivity index (χ2n) is 8.77. The molecule has 0 saturated carbocycles. The van der Waals surface area contributed by atoms with Crippen LogP contribution in [0.3, 0.4) is 0 Å². The fourth-order valence-corrected chi connectivity index (χ4v) is 4.17. The second kappa shape index (κ2) is 13.2. The van der Waals surface area contributed by atoms with Crippen LogP contribution in [0.2, 0.25) is 0 Å². The maximum atomic E-state index is 6.14. The van der Waals surface area contributed by atoms with Gasteiger partial charge in [0.1, 0.15) is 18.0 Å². The molecule has 0 aliphatic rings. The molecule has 4 heteroatoms. The summed E-state index contributed by atoms with van der Waals surface area (Å²) >= 11 is 1.72. The van der Waals surface area contributed by atoms with Gasteiger partial charge in [0.15, 0.2) is 0 Å². The Balaban J connectivity index is 1.57. The van der Waals surface area contributed by atoms with Crippen molar-refractivity contribution in [2.45, 2.75) is 45.9 Å². The van der Waals surface area contributed by atoms with Gasteiger partial charge in [-0.3, -0.25) is 4.90 Å². The SMILES string of the molecule is CCCN(C/C=C/C#CC(C)(C)OC)Cc1cccc(OCc2cccc(-c3ccsc3)c2)c1. The molecule has 0 amide bonds. The van der Waals surface area contributed by atoms with E-state index < -0.39 is 5.60 Å². The predicted octanol–water partition coefficient (Wildman–Crippen LogP) is 7.19. The van der Waals surface area contributed by atoms with E-state index in [0.29, 0.717) is 6.61 Å². The monoisotopic (exact) mass is 473 g/mol. The Labute approximate surface area is 209 Å². The van der Waals surface area contributed by atoms with Crippen molar-refractivity contribution in [3.05, 3.63) is 88.6 Å². The van der Waals surface area contributed by atoms with Crippen LogP contribution >= 0.6 is 11.3 Å². The van der Waals surface area contributed by atoms with Gasteiger partial charge in [0.25, 0.3) is 0 Å². The molecule has 34 heavy (non-hydrogen) atoms. The molecule has 0 atom stereocenters. The van der Waals surface area contributed by atoms with Crippen molar-refractivity contribution >= 4 is 11.3 Å². The van der Waals surface area contributed by atoms with Gasteiger partial charge in [-0.2, -0.15) is 11.3 Å². The highest BCUT2D eigenvalue weighted by molar-refractivity contribution is 7.08. The van der Waals surface area contributed by atoms with Crippen molar-refractivity contribution in [2.75, 3.05) is 20.2 Å². The summed E-state index contributed by atoms with van der Waals surface area (Å²) in [6.07, 6.45) is 5.15. The summed E-state index contributed by atoms with van der Waals surface area (Å²) in [6, 6.07) is 19.1. The Bertz CT molecular complexity index is 1110. The summed E-state index contributed by atoms with van der Waals surface area (Å²) in [5, 5.41) is 4.28. The largest absolute Gasteiger partial charge is 0.489 e. The number of hydrogen-bond acceptors (Lipinski definition) is 4. The Hall–Kier alpha value is -2.84. The van der Waals surface area contributed by atoms with Crippen LogP contribution in [0.1, 0.15) is 38.3 Å². The first-order valence-electron chi connectivity index (χ1n) is 11.8. The highest BCUT2D eigenvalue weighted by atomic mass is 32.1. The number of allylic oxidation sites excluding steroid dienone is 1. The Morgan fingerprint density at radius 1 is 1.03 bits per heavy atom. The van der Waals surface area contributed by atoms with Gasteiger partial charge in [0, 0.05) is 20.2 Å². The number of thiophene rings is 1. The highest BCUT2D eigenvalue weighted by Crippen LogP contribution is 2.24. The summed E-state index contributed by atoms with van der Waals surface area (Å²) in [5.41, 5.74) is 4.49. The van der Waals surface area contributed by atoms with E-state index in [0.717, 1.165) is 31.8 Å². The number of ether oxygens (including phenoxy) is 2. The molecular weight excluding hydrogens is 438 g/mol. The molecule has 0 N–H and O–H groups in total. The van der Waals surface area contributed by atoms with Crippen molar-refractivity contribution in [1.82, 2.24) is 4.90 Å². The van der Waals surface area contributed by atoms with Gasteiger partial charge >= 0.3 is 0 Å². The lowest BCUT2D eigenvalue weighted by Gasteiger charge is -2.20. The quantitative estimate of drug-likeness (QED) is 0.275. The number of hydrogen-bond donors (Lipinski definition) is 0. The summed E-state index contributed by atoms with van der Waals surface area (Å²) in [7, 11) is 1.68. The minimum atomic E-state index is -0.418. The van der Waals surface area contributed by atoms with E-state index >= 15 is 0 Å². The maximum Gasteiger partial charge on any atom is 0.123 e. The molecular formula is C30H35NO2S. The Morgan fingerprint density at radius 2 is 1.85 bits per heavy atom.